The molecule has 0 saturated heterocycles. The molecule has 0 bridgehead atoms. The highest BCUT2D eigenvalue weighted by atomic mass is 32.2. The molecular formula is C22H20N6O4S. The highest BCUT2D eigenvalue weighted by molar-refractivity contribution is 8.12. The fourth-order valence-electron chi connectivity index (χ4n) is 3.02. The second-order valence-corrected chi connectivity index (χ2v) is 7.56. The van der Waals surface area contributed by atoms with Crippen LogP contribution in [0.1, 0.15) is 27.5 Å². The van der Waals surface area contributed by atoms with E-state index in [1.54, 1.807) is 44.9 Å². The van der Waals surface area contributed by atoms with Crippen LogP contribution in [0.4, 0.5) is 0 Å². The van der Waals surface area contributed by atoms with E-state index in [-0.39, 0.29) is 11.5 Å². The van der Waals surface area contributed by atoms with Gasteiger partial charge in [-0.15, -0.1) is 0 Å². The Morgan fingerprint density at radius 1 is 1.06 bits per heavy atom. The molecule has 33 heavy (non-hydrogen) atoms. The van der Waals surface area contributed by atoms with Crippen molar-refractivity contribution in [2.45, 2.75) is 6.04 Å². The normalized spacial score (nSPS) is 11.7. The van der Waals surface area contributed by atoms with Crippen LogP contribution in [0.25, 0.3) is 5.95 Å². The molecule has 0 aliphatic rings. The highest BCUT2D eigenvalue weighted by Crippen LogP contribution is 2.27. The molecular weight excluding hydrogens is 444 g/mol. The molecule has 1 atom stereocenters. The van der Waals surface area contributed by atoms with Crippen molar-refractivity contribution in [3.63, 3.8) is 0 Å². The highest BCUT2D eigenvalue weighted by Gasteiger charge is 2.20. The smallest absolute Gasteiger partial charge is 0.264 e. The van der Waals surface area contributed by atoms with Gasteiger partial charge in [0.2, 0.25) is 16.9 Å². The summed E-state index contributed by atoms with van der Waals surface area (Å²) in [4.78, 5) is 36.2. The predicted molar refractivity (Wildman–Crippen MR) is 123 cm³/mol. The van der Waals surface area contributed by atoms with Crippen molar-refractivity contribution in [3.05, 3.63) is 94.3 Å². The first-order valence-corrected chi connectivity index (χ1v) is 10.6. The number of ether oxygens (including phenoxy) is 2. The van der Waals surface area contributed by atoms with E-state index in [1.807, 2.05) is 30.3 Å². The summed E-state index contributed by atoms with van der Waals surface area (Å²) in [6.45, 7) is 0. The van der Waals surface area contributed by atoms with Crippen molar-refractivity contribution in [2.24, 2.45) is 0 Å². The van der Waals surface area contributed by atoms with Gasteiger partial charge in [-0.1, -0.05) is 18.2 Å². The number of nitrogens with zero attached hydrogens (tertiary/aromatic N) is 4. The standard InChI is InChI=1S/C22H20N6O4S/c1-31-16-7-4-14(5-8-16)19(15-6-9-18(32-2)23-12-15)27-33-21(30)17-13-24-22(26-20(17)29)28-11-3-10-25-28/h3-13,19,27H,1-2H3,(H,24,26,29). The number of hydrogen-bond acceptors (Lipinski definition) is 9. The Bertz CT molecular complexity index is 1230. The monoisotopic (exact) mass is 464 g/mol. The number of hydrogen-bond donors (Lipinski definition) is 2. The van der Waals surface area contributed by atoms with Gasteiger partial charge in [-0.25, -0.2) is 19.4 Å². The molecule has 0 radical (unpaired) electrons. The van der Waals surface area contributed by atoms with E-state index in [4.69, 9.17) is 9.47 Å². The molecule has 3 heterocycles. The van der Waals surface area contributed by atoms with E-state index in [1.165, 1.54) is 10.9 Å². The molecule has 4 aromatic rings. The molecule has 10 nitrogen and oxygen atoms in total. The minimum Gasteiger partial charge on any atom is -0.497 e. The maximum Gasteiger partial charge on any atom is 0.264 e. The van der Waals surface area contributed by atoms with Gasteiger partial charge in [0.05, 0.1) is 20.3 Å². The Balaban J connectivity index is 1.55. The topological polar surface area (TPSA) is 124 Å². The largest absolute Gasteiger partial charge is 0.497 e. The first kappa shape index (κ1) is 22.2. The third kappa shape index (κ3) is 5.10. The van der Waals surface area contributed by atoms with Crippen molar-refractivity contribution >= 4 is 17.1 Å². The van der Waals surface area contributed by atoms with Crippen LogP contribution in [0, 0.1) is 0 Å². The van der Waals surface area contributed by atoms with Crippen LogP contribution in [0.3, 0.4) is 0 Å². The van der Waals surface area contributed by atoms with Gasteiger partial charge in [0.1, 0.15) is 11.3 Å². The lowest BCUT2D eigenvalue weighted by Gasteiger charge is -2.19. The van der Waals surface area contributed by atoms with E-state index in [2.05, 4.69) is 24.8 Å². The van der Waals surface area contributed by atoms with E-state index in [9.17, 15) is 9.59 Å². The molecule has 0 aliphatic carbocycles. The van der Waals surface area contributed by atoms with Gasteiger partial charge in [0.25, 0.3) is 5.56 Å². The summed E-state index contributed by atoms with van der Waals surface area (Å²) in [6.07, 6.45) is 6.10. The zero-order chi connectivity index (χ0) is 23.2. The molecule has 11 heteroatoms. The van der Waals surface area contributed by atoms with Crippen molar-refractivity contribution in [2.75, 3.05) is 14.2 Å². The van der Waals surface area contributed by atoms with Gasteiger partial charge < -0.3 is 9.47 Å². The Kier molecular flexibility index (Phi) is 6.81. The van der Waals surface area contributed by atoms with Crippen LogP contribution in [-0.4, -0.2) is 44.1 Å². The SMILES string of the molecule is COc1ccc(C(NSC(=O)c2cnc(-n3cccn3)[nH]c2=O)c2ccc(OC)nc2)cc1. The Hall–Kier alpha value is -3.96. The number of rotatable bonds is 8. The van der Waals surface area contributed by atoms with E-state index in [0.717, 1.165) is 23.1 Å². The second kappa shape index (κ2) is 10.1. The van der Waals surface area contributed by atoms with Gasteiger partial charge in [0, 0.05) is 42.8 Å². The maximum atomic E-state index is 12.8. The number of aromatic nitrogens is 5. The minimum atomic E-state index is -0.554. The van der Waals surface area contributed by atoms with E-state index in [0.29, 0.717) is 11.6 Å². The van der Waals surface area contributed by atoms with Crippen LogP contribution < -0.4 is 19.8 Å². The van der Waals surface area contributed by atoms with E-state index < -0.39 is 16.7 Å². The average molecular weight is 465 g/mol. The third-order valence-corrected chi connectivity index (χ3v) is 5.51. The zero-order valence-electron chi connectivity index (χ0n) is 17.8. The number of carbonyl (C=O) groups is 1. The van der Waals surface area contributed by atoms with Crippen molar-refractivity contribution in [3.8, 4) is 17.6 Å². The summed E-state index contributed by atoms with van der Waals surface area (Å²) in [5, 5.41) is 3.54. The molecule has 0 spiro atoms. The number of benzene rings is 1. The summed E-state index contributed by atoms with van der Waals surface area (Å²) in [5.74, 6) is 1.41. The van der Waals surface area contributed by atoms with Crippen molar-refractivity contribution in [1.29, 1.82) is 0 Å². The molecule has 1 unspecified atom stereocenters. The molecule has 0 fully saturated rings. The van der Waals surface area contributed by atoms with Gasteiger partial charge in [0.15, 0.2) is 0 Å². The molecule has 1 aromatic carbocycles. The van der Waals surface area contributed by atoms with Crippen LogP contribution in [0.5, 0.6) is 11.6 Å². The van der Waals surface area contributed by atoms with Gasteiger partial charge in [-0.2, -0.15) is 5.10 Å². The summed E-state index contributed by atoms with van der Waals surface area (Å²) in [7, 11) is 3.13. The maximum absolute atomic E-state index is 12.8. The Morgan fingerprint density at radius 2 is 1.85 bits per heavy atom. The molecule has 0 amide bonds. The molecule has 2 N–H and O–H groups in total. The fraction of sp³-hybridized carbons (Fsp3) is 0.136. The number of pyridine rings is 1. The molecule has 0 aliphatic heterocycles. The number of nitrogens with one attached hydrogen (secondary N) is 2. The summed E-state index contributed by atoms with van der Waals surface area (Å²) in [6, 6.07) is 12.3. The lowest BCUT2D eigenvalue weighted by atomic mass is 10.0. The van der Waals surface area contributed by atoms with E-state index >= 15 is 0 Å². The van der Waals surface area contributed by atoms with Crippen LogP contribution in [0.2, 0.25) is 0 Å². The molecule has 4 rings (SSSR count). The first-order valence-electron chi connectivity index (χ1n) is 9.79. The summed E-state index contributed by atoms with van der Waals surface area (Å²) >= 11 is 0.803. The Labute approximate surface area is 193 Å². The van der Waals surface area contributed by atoms with Gasteiger partial charge in [-0.3, -0.25) is 14.6 Å². The number of carbonyl (C=O) groups excluding carboxylic acids is 1. The molecule has 0 saturated carbocycles. The molecule has 168 valence electrons. The number of methoxy groups -OCH3 is 2. The fourth-order valence-corrected chi connectivity index (χ4v) is 3.77. The summed E-state index contributed by atoms with van der Waals surface area (Å²) < 4.78 is 14.9. The van der Waals surface area contributed by atoms with Crippen molar-refractivity contribution in [1.82, 2.24) is 29.5 Å². The van der Waals surface area contributed by atoms with Crippen LogP contribution in [-0.2, 0) is 0 Å². The number of H-pyrrole nitrogens is 1. The Morgan fingerprint density at radius 3 is 2.45 bits per heavy atom. The van der Waals surface area contributed by atoms with Gasteiger partial charge in [-0.05, 0) is 29.3 Å². The zero-order valence-corrected chi connectivity index (χ0v) is 18.6. The van der Waals surface area contributed by atoms with Crippen LogP contribution in [0.15, 0.2) is 72.0 Å². The first-order chi connectivity index (χ1) is 16.1. The lowest BCUT2D eigenvalue weighted by Crippen LogP contribution is -2.23. The number of aromatic amines is 1. The van der Waals surface area contributed by atoms with Gasteiger partial charge >= 0.3 is 0 Å². The summed E-state index contributed by atoms with van der Waals surface area (Å²) in [5.41, 5.74) is 1.05. The minimum absolute atomic E-state index is 0.0789. The average Bonchev–Trinajstić information content (AvgIpc) is 3.40. The molecule has 3 aromatic heterocycles. The second-order valence-electron chi connectivity index (χ2n) is 6.75. The third-order valence-electron chi connectivity index (χ3n) is 4.75. The lowest BCUT2D eigenvalue weighted by molar-refractivity contribution is 0.108. The quantitative estimate of drug-likeness (QED) is 0.379. The van der Waals surface area contributed by atoms with Crippen LogP contribution >= 0.6 is 11.9 Å². The predicted octanol–water partition coefficient (Wildman–Crippen LogP) is 2.54. The van der Waals surface area contributed by atoms with Crippen molar-refractivity contribution < 1.29 is 14.3 Å².